The third-order valence-corrected chi connectivity index (χ3v) is 16.2. The van der Waals surface area contributed by atoms with Gasteiger partial charge in [0.1, 0.15) is 18.1 Å². The highest BCUT2D eigenvalue weighted by atomic mass is 35.5. The van der Waals surface area contributed by atoms with Crippen LogP contribution in [0.3, 0.4) is 0 Å². The van der Waals surface area contributed by atoms with Gasteiger partial charge < -0.3 is 64.1 Å². The summed E-state index contributed by atoms with van der Waals surface area (Å²) >= 11 is 0. The van der Waals surface area contributed by atoms with Crippen LogP contribution in [0, 0.1) is 20.8 Å². The maximum Gasteiger partial charge on any atom is 0.246 e. The Hall–Kier alpha value is -9.07. The van der Waals surface area contributed by atoms with Gasteiger partial charge >= 0.3 is 0 Å². The van der Waals surface area contributed by atoms with Crippen molar-refractivity contribution in [1.82, 2.24) is 30.9 Å². The van der Waals surface area contributed by atoms with Crippen LogP contribution >= 0.6 is 12.4 Å². The van der Waals surface area contributed by atoms with E-state index in [1.807, 2.05) is 167 Å². The van der Waals surface area contributed by atoms with Crippen molar-refractivity contribution in [2.24, 2.45) is 17.2 Å². The quantitative estimate of drug-likeness (QED) is 0.0150. The van der Waals surface area contributed by atoms with Crippen molar-refractivity contribution < 1.29 is 28.8 Å². The predicted molar refractivity (Wildman–Crippen MR) is 358 cm³/mol. The number of carbonyl (C=O) groups is 6. The lowest BCUT2D eigenvalue weighted by Gasteiger charge is -2.22. The maximum atomic E-state index is 14.1. The van der Waals surface area contributed by atoms with Gasteiger partial charge in [0.25, 0.3) is 0 Å². The smallest absolute Gasteiger partial charge is 0.246 e. The molecule has 18 nitrogen and oxygen atoms in total. The fraction of sp³-hybridized carbons (Fsp3) is 0.314. The summed E-state index contributed by atoms with van der Waals surface area (Å²) in [5.41, 5.74) is 30.3. The first kappa shape index (κ1) is 65.9. The summed E-state index contributed by atoms with van der Waals surface area (Å²) < 4.78 is 0. The van der Waals surface area contributed by atoms with Gasteiger partial charge in [-0.25, -0.2) is 0 Å². The highest BCUT2D eigenvalue weighted by Crippen LogP contribution is 2.35. The fourth-order valence-electron chi connectivity index (χ4n) is 11.4. The molecule has 0 saturated carbocycles. The molecule has 0 aliphatic carbocycles. The number of benzene rings is 6. The van der Waals surface area contributed by atoms with Crippen LogP contribution in [0.4, 0.5) is 17.1 Å². The average molecular weight is 1220 g/mol. The third kappa shape index (κ3) is 17.8. The molecule has 3 atom stereocenters. The Bertz CT molecular complexity index is 3480. The topological polar surface area (TPSA) is 300 Å². The molecule has 0 spiro atoms. The van der Waals surface area contributed by atoms with E-state index in [0.29, 0.717) is 94.5 Å². The number of unbranched alkanes of at least 4 members (excludes halogenated alkanes) is 3. The first-order chi connectivity index (χ1) is 42.6. The molecule has 6 aromatic carbocycles. The van der Waals surface area contributed by atoms with E-state index >= 15 is 0 Å². The van der Waals surface area contributed by atoms with Gasteiger partial charge in [0.15, 0.2) is 0 Å². The van der Waals surface area contributed by atoms with Crippen LogP contribution in [0.2, 0.25) is 0 Å². The lowest BCUT2D eigenvalue weighted by atomic mass is 9.85. The van der Waals surface area contributed by atoms with Crippen molar-refractivity contribution >= 4 is 97.6 Å². The Morgan fingerprint density at radius 1 is 0.382 bits per heavy atom. The number of hydrogen-bond donors (Lipinski definition) is 12. The Labute approximate surface area is 525 Å². The number of hydrogen-bond acceptors (Lipinski definition) is 9. The molecule has 0 bridgehead atoms. The van der Waals surface area contributed by atoms with Crippen molar-refractivity contribution in [3.63, 3.8) is 0 Å². The van der Waals surface area contributed by atoms with Crippen molar-refractivity contribution in [1.29, 1.82) is 0 Å². The zero-order valence-corrected chi connectivity index (χ0v) is 51.7. The van der Waals surface area contributed by atoms with Gasteiger partial charge in [-0.2, -0.15) is 0 Å². The van der Waals surface area contributed by atoms with Crippen molar-refractivity contribution in [3.8, 4) is 0 Å². The van der Waals surface area contributed by atoms with Crippen LogP contribution in [-0.2, 0) is 48.0 Å². The minimum atomic E-state index is -0.809. The maximum absolute atomic E-state index is 14.1. The van der Waals surface area contributed by atoms with E-state index in [4.69, 9.17) is 17.2 Å². The van der Waals surface area contributed by atoms with E-state index in [9.17, 15) is 28.8 Å². The van der Waals surface area contributed by atoms with Gasteiger partial charge in [-0.15, -0.1) is 12.4 Å². The van der Waals surface area contributed by atoms with Crippen molar-refractivity contribution in [3.05, 3.63) is 196 Å². The Morgan fingerprint density at radius 3 is 0.910 bits per heavy atom. The Kier molecular flexibility index (Phi) is 23.5. The molecule has 0 radical (unpaired) electrons. The molecular weight excluding hydrogens is 1140 g/mol. The van der Waals surface area contributed by atoms with Gasteiger partial charge in [0.05, 0.1) is 19.3 Å². The number of carbonyl (C=O) groups excluding carboxylic acids is 6. The van der Waals surface area contributed by atoms with Gasteiger partial charge in [-0.1, -0.05) is 71.3 Å². The third-order valence-electron chi connectivity index (χ3n) is 16.2. The minimum absolute atomic E-state index is 0. The summed E-state index contributed by atoms with van der Waals surface area (Å²) in [6.07, 6.45) is 11.0. The normalized spacial score (nSPS) is 12.3. The molecule has 9 rings (SSSR count). The number of aryl methyl sites for hydroxylation is 3. The summed E-state index contributed by atoms with van der Waals surface area (Å²) in [6, 6.07) is 38.3. The molecule has 9 aromatic rings. The molecule has 0 aliphatic rings. The molecular formula is C70H83ClN12O6. The monoisotopic (exact) mass is 1220 g/mol. The van der Waals surface area contributed by atoms with E-state index < -0.39 is 18.1 Å². The van der Waals surface area contributed by atoms with Crippen LogP contribution in [0.1, 0.15) is 114 Å². The first-order valence-electron chi connectivity index (χ1n) is 30.6. The van der Waals surface area contributed by atoms with E-state index in [2.05, 4.69) is 46.9 Å². The van der Waals surface area contributed by atoms with Crippen LogP contribution in [-0.4, -0.2) is 88.2 Å². The molecule has 89 heavy (non-hydrogen) atoms. The van der Waals surface area contributed by atoms with Crippen LogP contribution in [0.15, 0.2) is 146 Å². The second-order valence-corrected chi connectivity index (χ2v) is 23.1. The van der Waals surface area contributed by atoms with E-state index in [0.717, 1.165) is 82.8 Å². The highest BCUT2D eigenvalue weighted by molar-refractivity contribution is 6.00. The number of aromatic nitrogens is 3. The van der Waals surface area contributed by atoms with Crippen LogP contribution in [0.25, 0.3) is 32.7 Å². The number of rotatable bonds is 30. The largest absolute Gasteiger partial charge is 0.361 e. The molecule has 0 aliphatic heterocycles. The number of aromatic amines is 3. The number of nitrogens with two attached hydrogens (primary N) is 3. The number of nitrogens with one attached hydrogen (secondary N) is 9. The number of amides is 6. The highest BCUT2D eigenvalue weighted by Gasteiger charge is 2.26. The number of fused-ring (bicyclic) bond motifs is 3. The Morgan fingerprint density at radius 2 is 0.652 bits per heavy atom. The fourth-order valence-corrected chi connectivity index (χ4v) is 11.4. The van der Waals surface area contributed by atoms with Gasteiger partial charge in [0.2, 0.25) is 35.4 Å². The van der Waals surface area contributed by atoms with E-state index in [1.165, 1.54) is 0 Å². The SMILES string of the molecule is Cc1ccc2[nH]cc(CC(=O)N[C@H](CCCCN)C(=O)Nc3ccc(C(c4ccc(NC(=O)[C@@H](CCCCN)NC(=O)Cc5c[nH]c6ccc(C)cc56)cc4)c4ccc(NC(=O)[C@@H](CCCCN)NC(=O)Cc5c[nH]c6ccc(C)cc56)cc4)cc3)c2c1.Cl. The summed E-state index contributed by atoms with van der Waals surface area (Å²) in [5, 5.41) is 21.0. The molecule has 3 heterocycles. The number of H-pyrrole nitrogens is 3. The zero-order chi connectivity index (χ0) is 62.1. The molecule has 3 aromatic heterocycles. The molecule has 19 heteroatoms. The van der Waals surface area contributed by atoms with Crippen LogP contribution < -0.4 is 49.1 Å². The molecule has 0 fully saturated rings. The second kappa shape index (κ2) is 31.7. The second-order valence-electron chi connectivity index (χ2n) is 23.1. The summed E-state index contributed by atoms with van der Waals surface area (Å²) in [4.78, 5) is 92.6. The standard InChI is InChI=1S/C70H82N12O6.ClH/c1-43-13-28-58-55(34-43)49(40-74-58)37-64(83)80-61(10-4-7-31-71)68(86)77-52-22-16-46(17-23-52)67(47-18-24-53(25-19-47)78-69(87)62(11-5-8-32-72)81-65(84)38-50-41-75-59-29-14-44(2)35-56(50)59)48-20-26-54(27-21-48)79-70(88)63(12-6-9-33-73)82-66(85)39-51-42-76-60-30-15-45(3)36-57(51)60;/h13-30,34-36,40-42,61-63,67,74-76H,4-12,31-33,37-39,71-73H2,1-3H3,(H,77,86)(H,78,87)(H,79,88)(H,80,83)(H,81,84)(H,82,85);1H/t61-,62-,63-;/m1./s1. The molecule has 6 amide bonds. The first-order valence-corrected chi connectivity index (χ1v) is 30.6. The molecule has 0 unspecified atom stereocenters. The van der Waals surface area contributed by atoms with Gasteiger partial charge in [-0.3, -0.25) is 28.8 Å². The average Bonchev–Trinajstić information content (AvgIpc) is 2.84. The zero-order valence-electron chi connectivity index (χ0n) is 50.9. The minimum Gasteiger partial charge on any atom is -0.361 e. The summed E-state index contributed by atoms with van der Waals surface area (Å²) in [7, 11) is 0. The lowest BCUT2D eigenvalue weighted by Crippen LogP contribution is -2.44. The number of halogens is 1. The van der Waals surface area contributed by atoms with Crippen molar-refractivity contribution in [2.45, 2.75) is 122 Å². The molecule has 466 valence electrons. The van der Waals surface area contributed by atoms with Gasteiger partial charge in [0, 0.05) is 74.3 Å². The lowest BCUT2D eigenvalue weighted by molar-refractivity contribution is -0.126. The van der Waals surface area contributed by atoms with Crippen molar-refractivity contribution in [2.75, 3.05) is 35.6 Å². The molecule has 0 saturated heterocycles. The molecule has 15 N–H and O–H groups in total. The summed E-state index contributed by atoms with van der Waals surface area (Å²) in [6.45, 7) is 7.39. The number of anilines is 3. The Balaban J connectivity index is 0.0000102. The predicted octanol–water partition coefficient (Wildman–Crippen LogP) is 10.0. The van der Waals surface area contributed by atoms with Crippen LogP contribution in [0.5, 0.6) is 0 Å². The summed E-state index contributed by atoms with van der Waals surface area (Å²) in [5.74, 6) is -2.25. The van der Waals surface area contributed by atoms with E-state index in [1.54, 1.807) is 0 Å². The van der Waals surface area contributed by atoms with Gasteiger partial charge in [-0.05, 0) is 204 Å². The van der Waals surface area contributed by atoms with E-state index in [-0.39, 0.29) is 73.0 Å².